The minimum atomic E-state index is -0.698. The Morgan fingerprint density at radius 1 is 1.20 bits per heavy atom. The van der Waals surface area contributed by atoms with Crippen LogP contribution >= 0.6 is 0 Å². The maximum atomic E-state index is 10.1. The van der Waals surface area contributed by atoms with Gasteiger partial charge in [-0.25, -0.2) is 0 Å². The maximum Gasteiger partial charge on any atom is 0.0975 e. The van der Waals surface area contributed by atoms with E-state index in [2.05, 4.69) is 20.8 Å². The van der Waals surface area contributed by atoms with E-state index in [1.165, 1.54) is 6.42 Å². The molecule has 1 saturated carbocycles. The van der Waals surface area contributed by atoms with Gasteiger partial charge in [-0.1, -0.05) is 27.2 Å². The van der Waals surface area contributed by atoms with Crippen LogP contribution in [0.15, 0.2) is 0 Å². The van der Waals surface area contributed by atoms with Crippen LogP contribution in [0.4, 0.5) is 0 Å². The highest BCUT2D eigenvalue weighted by Gasteiger charge is 2.71. The molecule has 15 heavy (non-hydrogen) atoms. The average molecular weight is 212 g/mol. The second-order valence-corrected chi connectivity index (χ2v) is 6.71. The molecule has 2 bridgehead atoms. The summed E-state index contributed by atoms with van der Waals surface area (Å²) < 4.78 is 5.92. The Morgan fingerprint density at radius 3 is 2.07 bits per heavy atom. The van der Waals surface area contributed by atoms with Crippen LogP contribution in [-0.2, 0) is 4.74 Å². The molecule has 0 spiro atoms. The van der Waals surface area contributed by atoms with Crippen molar-refractivity contribution in [1.29, 1.82) is 0 Å². The third kappa shape index (κ3) is 1.24. The van der Waals surface area contributed by atoms with E-state index >= 15 is 0 Å². The van der Waals surface area contributed by atoms with Crippen LogP contribution in [0.1, 0.15) is 53.9 Å². The molecule has 3 aliphatic rings. The number of aliphatic hydroxyl groups is 1. The van der Waals surface area contributed by atoms with Crippen LogP contribution in [0.25, 0.3) is 0 Å². The Kier molecular flexibility index (Phi) is 2.11. The molecule has 1 aliphatic carbocycles. The minimum absolute atomic E-state index is 0.251. The summed E-state index contributed by atoms with van der Waals surface area (Å²) >= 11 is 0. The molecule has 2 heterocycles. The second-order valence-electron chi connectivity index (χ2n) is 6.71. The Balaban J connectivity index is 2.19. The normalized spacial score (nSPS) is 40.4. The summed E-state index contributed by atoms with van der Waals surface area (Å²) in [6.45, 7) is 11.5. The van der Waals surface area contributed by atoms with Crippen molar-refractivity contribution in [3.05, 3.63) is 0 Å². The molecule has 0 amide bonds. The predicted octanol–water partition coefficient (Wildman–Crippen LogP) is 2.74. The number of fused-ring (bicyclic) bond motifs is 1. The second kappa shape index (κ2) is 2.78. The molecule has 2 saturated heterocycles. The Morgan fingerprint density at radius 2 is 1.73 bits per heavy atom. The number of rotatable bonds is 3. The number of hydrogen-bond donors (Lipinski definition) is 1. The zero-order valence-corrected chi connectivity index (χ0v) is 10.7. The third-order valence-corrected chi connectivity index (χ3v) is 5.31. The molecule has 0 aromatic carbocycles. The molecule has 3 rings (SSSR count). The van der Waals surface area contributed by atoms with E-state index in [9.17, 15) is 5.11 Å². The van der Waals surface area contributed by atoms with Crippen molar-refractivity contribution in [2.75, 3.05) is 6.61 Å². The molecule has 2 nitrogen and oxygen atoms in total. The molecule has 0 radical (unpaired) electrons. The zero-order valence-electron chi connectivity index (χ0n) is 10.7. The Bertz CT molecular complexity index is 267. The SMILES string of the molecule is CCC(C)(C)C12COC(C(C)(C)O)(C1)C2. The van der Waals surface area contributed by atoms with E-state index in [-0.39, 0.29) is 5.60 Å². The highest BCUT2D eigenvalue weighted by molar-refractivity contribution is 5.20. The maximum absolute atomic E-state index is 10.1. The average Bonchev–Trinajstić information content (AvgIpc) is 2.56. The summed E-state index contributed by atoms with van der Waals surface area (Å²) in [7, 11) is 0. The summed E-state index contributed by atoms with van der Waals surface area (Å²) in [4.78, 5) is 0. The highest BCUT2D eigenvalue weighted by atomic mass is 16.5. The van der Waals surface area contributed by atoms with Gasteiger partial charge in [0, 0.05) is 5.41 Å². The lowest BCUT2D eigenvalue weighted by Gasteiger charge is -2.56. The van der Waals surface area contributed by atoms with E-state index in [0.717, 1.165) is 19.4 Å². The minimum Gasteiger partial charge on any atom is -0.387 e. The van der Waals surface area contributed by atoms with Crippen molar-refractivity contribution in [3.63, 3.8) is 0 Å². The summed E-state index contributed by atoms with van der Waals surface area (Å²) in [5.41, 5.74) is -0.295. The quantitative estimate of drug-likeness (QED) is 0.779. The van der Waals surface area contributed by atoms with Gasteiger partial charge in [-0.15, -0.1) is 0 Å². The first-order valence-corrected chi connectivity index (χ1v) is 6.04. The van der Waals surface area contributed by atoms with Crippen LogP contribution in [0.2, 0.25) is 0 Å². The zero-order chi connectivity index (χ0) is 11.5. The standard InChI is InChI=1S/C13H24O2/c1-6-10(2,3)12-7-13(8-12,15-9-12)11(4,5)14/h14H,6-9H2,1-5H3. The first-order chi connectivity index (χ1) is 6.68. The molecular formula is C13H24O2. The third-order valence-electron chi connectivity index (χ3n) is 5.31. The fourth-order valence-electron chi connectivity index (χ4n) is 3.18. The van der Waals surface area contributed by atoms with Crippen LogP contribution in [-0.4, -0.2) is 22.9 Å². The number of hydrogen-bond acceptors (Lipinski definition) is 2. The molecule has 0 unspecified atom stereocenters. The van der Waals surface area contributed by atoms with Crippen LogP contribution in [0, 0.1) is 10.8 Å². The van der Waals surface area contributed by atoms with E-state index in [0.29, 0.717) is 10.8 Å². The van der Waals surface area contributed by atoms with Crippen LogP contribution in [0.5, 0.6) is 0 Å². The summed E-state index contributed by atoms with van der Waals surface area (Å²) in [6, 6.07) is 0. The fourth-order valence-corrected chi connectivity index (χ4v) is 3.18. The van der Waals surface area contributed by atoms with E-state index in [1.807, 2.05) is 13.8 Å². The predicted molar refractivity (Wildman–Crippen MR) is 60.7 cm³/mol. The van der Waals surface area contributed by atoms with Gasteiger partial charge in [-0.2, -0.15) is 0 Å². The van der Waals surface area contributed by atoms with Gasteiger partial charge in [0.2, 0.25) is 0 Å². The molecule has 2 aliphatic heterocycles. The van der Waals surface area contributed by atoms with Gasteiger partial charge in [0.15, 0.2) is 0 Å². The Hall–Kier alpha value is -0.0800. The van der Waals surface area contributed by atoms with Crippen molar-refractivity contribution in [2.45, 2.75) is 65.1 Å². The summed E-state index contributed by atoms with van der Waals surface area (Å²) in [6.07, 6.45) is 3.24. The topological polar surface area (TPSA) is 29.5 Å². The van der Waals surface area contributed by atoms with Crippen molar-refractivity contribution in [2.24, 2.45) is 10.8 Å². The molecule has 88 valence electrons. The molecule has 0 atom stereocenters. The lowest BCUT2D eigenvalue weighted by Crippen LogP contribution is -2.61. The van der Waals surface area contributed by atoms with Gasteiger partial charge in [0.25, 0.3) is 0 Å². The van der Waals surface area contributed by atoms with Crippen molar-refractivity contribution < 1.29 is 9.84 Å². The highest BCUT2D eigenvalue weighted by Crippen LogP contribution is 2.69. The van der Waals surface area contributed by atoms with E-state index in [4.69, 9.17) is 4.74 Å². The fraction of sp³-hybridized carbons (Fsp3) is 1.00. The van der Waals surface area contributed by atoms with Gasteiger partial charge in [-0.05, 0) is 32.1 Å². The molecule has 0 aromatic rings. The molecule has 0 aromatic heterocycles. The molecule has 2 heteroatoms. The molecule has 3 fully saturated rings. The molecule has 1 N–H and O–H groups in total. The summed E-state index contributed by atoms with van der Waals surface area (Å²) in [5, 5.41) is 10.1. The van der Waals surface area contributed by atoms with Crippen LogP contribution in [0.3, 0.4) is 0 Å². The number of ether oxygens (including phenoxy) is 1. The van der Waals surface area contributed by atoms with Gasteiger partial charge in [0.1, 0.15) is 0 Å². The van der Waals surface area contributed by atoms with E-state index in [1.54, 1.807) is 0 Å². The molecular weight excluding hydrogens is 188 g/mol. The van der Waals surface area contributed by atoms with E-state index < -0.39 is 5.60 Å². The lowest BCUT2D eigenvalue weighted by atomic mass is 9.48. The van der Waals surface area contributed by atoms with Crippen molar-refractivity contribution >= 4 is 0 Å². The smallest absolute Gasteiger partial charge is 0.0975 e. The van der Waals surface area contributed by atoms with Gasteiger partial charge in [-0.3, -0.25) is 0 Å². The van der Waals surface area contributed by atoms with Crippen molar-refractivity contribution in [3.8, 4) is 0 Å². The Labute approximate surface area is 93.0 Å². The van der Waals surface area contributed by atoms with Gasteiger partial charge >= 0.3 is 0 Å². The van der Waals surface area contributed by atoms with Crippen molar-refractivity contribution in [1.82, 2.24) is 0 Å². The first kappa shape index (κ1) is 11.4. The largest absolute Gasteiger partial charge is 0.387 e. The van der Waals surface area contributed by atoms with Crippen LogP contribution < -0.4 is 0 Å². The summed E-state index contributed by atoms with van der Waals surface area (Å²) in [5.74, 6) is 0. The van der Waals surface area contributed by atoms with Gasteiger partial charge in [0.05, 0.1) is 17.8 Å². The first-order valence-electron chi connectivity index (χ1n) is 6.04. The lowest BCUT2D eigenvalue weighted by molar-refractivity contribution is -0.173. The van der Waals surface area contributed by atoms with Gasteiger partial charge < -0.3 is 9.84 Å². The monoisotopic (exact) mass is 212 g/mol.